The van der Waals surface area contributed by atoms with Crippen molar-refractivity contribution in [3.63, 3.8) is 0 Å². The highest BCUT2D eigenvalue weighted by molar-refractivity contribution is 5.98. The van der Waals surface area contributed by atoms with Crippen LogP contribution < -0.4 is 10.6 Å². The highest BCUT2D eigenvalue weighted by atomic mass is 16.7. The van der Waals surface area contributed by atoms with Crippen LogP contribution in [0.1, 0.15) is 37.0 Å². The number of hydrogen-bond donors (Lipinski definition) is 2. The fourth-order valence-electron chi connectivity index (χ4n) is 3.56. The van der Waals surface area contributed by atoms with Gasteiger partial charge >= 0.3 is 5.97 Å². The molecule has 0 radical (unpaired) electrons. The lowest BCUT2D eigenvalue weighted by molar-refractivity contribution is -0.164. The molecule has 0 aromatic heterocycles. The lowest BCUT2D eigenvalue weighted by Crippen LogP contribution is -2.52. The highest BCUT2D eigenvalue weighted by Gasteiger charge is 2.37. The molecular weight excluding hydrogens is 402 g/mol. The molecule has 9 heteroatoms. The number of nitrogens with one attached hydrogen (secondary N) is 2. The van der Waals surface area contributed by atoms with Crippen LogP contribution in [0.5, 0.6) is 0 Å². The predicted octanol–water partition coefficient (Wildman–Crippen LogP) is 0.758. The Morgan fingerprint density at radius 2 is 1.94 bits per heavy atom. The molecule has 1 aromatic rings. The number of esters is 1. The quantitative estimate of drug-likeness (QED) is 0.489. The van der Waals surface area contributed by atoms with Gasteiger partial charge in [-0.1, -0.05) is 29.8 Å². The Hall–Kier alpha value is -3.20. The monoisotopic (exact) mass is 429 g/mol. The van der Waals surface area contributed by atoms with Crippen LogP contribution in [0.15, 0.2) is 42.0 Å². The van der Waals surface area contributed by atoms with Crippen LogP contribution >= 0.6 is 0 Å². The number of carbonyl (C=O) groups is 4. The molecule has 0 saturated carbocycles. The summed E-state index contributed by atoms with van der Waals surface area (Å²) in [5, 5.41) is 5.48. The van der Waals surface area contributed by atoms with Crippen molar-refractivity contribution in [2.24, 2.45) is 0 Å². The van der Waals surface area contributed by atoms with E-state index in [1.807, 2.05) is 13.0 Å². The lowest BCUT2D eigenvalue weighted by Gasteiger charge is -2.26. The highest BCUT2D eigenvalue weighted by Crippen LogP contribution is 2.17. The van der Waals surface area contributed by atoms with Crippen molar-refractivity contribution < 1.29 is 28.7 Å². The Kier molecular flexibility index (Phi) is 7.41. The Labute approximate surface area is 180 Å². The van der Waals surface area contributed by atoms with Gasteiger partial charge in [0.15, 0.2) is 0 Å². The van der Waals surface area contributed by atoms with E-state index in [0.717, 1.165) is 5.57 Å². The molecule has 1 fully saturated rings. The van der Waals surface area contributed by atoms with E-state index in [1.165, 1.54) is 4.90 Å². The van der Waals surface area contributed by atoms with Crippen LogP contribution in [0.25, 0.3) is 0 Å². The summed E-state index contributed by atoms with van der Waals surface area (Å²) in [4.78, 5) is 51.1. The number of rotatable bonds is 7. The third-order valence-corrected chi connectivity index (χ3v) is 5.07. The van der Waals surface area contributed by atoms with E-state index >= 15 is 0 Å². The predicted molar refractivity (Wildman–Crippen MR) is 111 cm³/mol. The molecule has 1 aromatic carbocycles. The van der Waals surface area contributed by atoms with E-state index < -0.39 is 30.3 Å². The molecule has 2 heterocycles. The maximum atomic E-state index is 13.0. The molecule has 31 heavy (non-hydrogen) atoms. The topological polar surface area (TPSA) is 114 Å². The van der Waals surface area contributed by atoms with E-state index in [9.17, 15) is 19.2 Å². The average Bonchev–Trinajstić information content (AvgIpc) is 3.02. The summed E-state index contributed by atoms with van der Waals surface area (Å²) in [5.74, 6) is -1.56. The fraction of sp³-hybridized carbons (Fsp3) is 0.455. The summed E-state index contributed by atoms with van der Waals surface area (Å²) in [5.41, 5.74) is 1.38. The van der Waals surface area contributed by atoms with Gasteiger partial charge in [-0.2, -0.15) is 0 Å². The number of carbonyl (C=O) groups excluding carboxylic acids is 4. The molecule has 166 valence electrons. The minimum atomic E-state index is -0.833. The summed E-state index contributed by atoms with van der Waals surface area (Å²) in [6, 6.07) is 7.26. The van der Waals surface area contributed by atoms with Gasteiger partial charge in [-0.05, 0) is 32.4 Å². The first kappa shape index (κ1) is 22.5. The number of cyclic esters (lactones) is 1. The first-order valence-corrected chi connectivity index (χ1v) is 10.3. The van der Waals surface area contributed by atoms with Crippen LogP contribution in [-0.4, -0.2) is 66.7 Å². The standard InChI is InChI=1S/C22H27N3O6/c1-3-30-22-17(11-19(27)31-22)23-18(26)13-25-12-14(2)9-10-16(21(25)29)24-20(28)15-7-5-4-6-8-15/h4-9,16-17,22H,3,10-13H2,1-2H3,(H,23,26)(H,24,28). The molecule has 1 saturated heterocycles. The molecule has 0 aliphatic carbocycles. The fourth-order valence-corrected chi connectivity index (χ4v) is 3.56. The van der Waals surface area contributed by atoms with Gasteiger partial charge in [-0.25, -0.2) is 0 Å². The first-order valence-electron chi connectivity index (χ1n) is 10.3. The molecule has 0 bridgehead atoms. The number of benzene rings is 1. The summed E-state index contributed by atoms with van der Waals surface area (Å²) >= 11 is 0. The van der Waals surface area contributed by atoms with Gasteiger partial charge in [-0.15, -0.1) is 0 Å². The zero-order valence-electron chi connectivity index (χ0n) is 17.6. The van der Waals surface area contributed by atoms with E-state index in [-0.39, 0.29) is 31.3 Å². The van der Waals surface area contributed by atoms with Crippen molar-refractivity contribution in [1.29, 1.82) is 0 Å². The van der Waals surface area contributed by atoms with Crippen LogP contribution in [0.4, 0.5) is 0 Å². The molecule has 9 nitrogen and oxygen atoms in total. The molecule has 3 atom stereocenters. The second-order valence-electron chi connectivity index (χ2n) is 7.56. The van der Waals surface area contributed by atoms with Crippen LogP contribution in [0, 0.1) is 0 Å². The van der Waals surface area contributed by atoms with Gasteiger partial charge in [0.05, 0.1) is 13.0 Å². The molecule has 3 amide bonds. The van der Waals surface area contributed by atoms with Gasteiger partial charge in [0, 0.05) is 18.7 Å². The third-order valence-electron chi connectivity index (χ3n) is 5.07. The molecule has 3 unspecified atom stereocenters. The first-order chi connectivity index (χ1) is 14.9. The average molecular weight is 429 g/mol. The number of amides is 3. The zero-order valence-corrected chi connectivity index (χ0v) is 17.6. The summed E-state index contributed by atoms with van der Waals surface area (Å²) in [6.07, 6.45) is 1.42. The summed E-state index contributed by atoms with van der Waals surface area (Å²) in [7, 11) is 0. The second kappa shape index (κ2) is 10.2. The Morgan fingerprint density at radius 3 is 2.65 bits per heavy atom. The Bertz CT molecular complexity index is 869. The maximum Gasteiger partial charge on any atom is 0.310 e. The van der Waals surface area contributed by atoms with E-state index in [1.54, 1.807) is 37.3 Å². The molecule has 3 rings (SSSR count). The Morgan fingerprint density at radius 1 is 1.19 bits per heavy atom. The van der Waals surface area contributed by atoms with Crippen molar-refractivity contribution in [2.45, 2.75) is 45.1 Å². The SMILES string of the molecule is CCOC1OC(=O)CC1NC(=O)CN1CC(C)=CCC(NC(=O)c2ccccc2)C1=O. The Balaban J connectivity index is 1.63. The smallest absolute Gasteiger partial charge is 0.310 e. The minimum absolute atomic E-state index is 0.0129. The lowest BCUT2D eigenvalue weighted by atomic mass is 10.1. The largest absolute Gasteiger partial charge is 0.433 e. The van der Waals surface area contributed by atoms with Crippen LogP contribution in [0.2, 0.25) is 0 Å². The van der Waals surface area contributed by atoms with Crippen molar-refractivity contribution in [2.75, 3.05) is 19.7 Å². The summed E-state index contributed by atoms with van der Waals surface area (Å²) in [6.45, 7) is 4.04. The van der Waals surface area contributed by atoms with Gasteiger partial charge in [0.2, 0.25) is 18.1 Å². The molecule has 0 spiro atoms. The van der Waals surface area contributed by atoms with Crippen LogP contribution in [-0.2, 0) is 23.9 Å². The van der Waals surface area contributed by atoms with Crippen molar-refractivity contribution >= 4 is 23.7 Å². The normalized spacial score (nSPS) is 23.6. The van der Waals surface area contributed by atoms with E-state index in [0.29, 0.717) is 18.6 Å². The van der Waals surface area contributed by atoms with Crippen molar-refractivity contribution in [3.8, 4) is 0 Å². The number of nitrogens with zero attached hydrogens (tertiary/aromatic N) is 1. The van der Waals surface area contributed by atoms with Crippen molar-refractivity contribution in [1.82, 2.24) is 15.5 Å². The van der Waals surface area contributed by atoms with Gasteiger partial charge < -0.3 is 25.0 Å². The van der Waals surface area contributed by atoms with Crippen LogP contribution in [0.3, 0.4) is 0 Å². The van der Waals surface area contributed by atoms with Crippen molar-refractivity contribution in [3.05, 3.63) is 47.5 Å². The molecule has 2 aliphatic rings. The van der Waals surface area contributed by atoms with E-state index in [4.69, 9.17) is 9.47 Å². The molecule has 2 N–H and O–H groups in total. The number of hydrogen-bond acceptors (Lipinski definition) is 6. The molecular formula is C22H27N3O6. The van der Waals surface area contributed by atoms with Gasteiger partial charge in [-0.3, -0.25) is 19.2 Å². The molecule has 2 aliphatic heterocycles. The number of ether oxygens (including phenoxy) is 2. The maximum absolute atomic E-state index is 13.0. The van der Waals surface area contributed by atoms with E-state index in [2.05, 4.69) is 10.6 Å². The van der Waals surface area contributed by atoms with Gasteiger partial charge in [0.25, 0.3) is 5.91 Å². The zero-order chi connectivity index (χ0) is 22.4. The third kappa shape index (κ3) is 5.91. The minimum Gasteiger partial charge on any atom is -0.433 e. The summed E-state index contributed by atoms with van der Waals surface area (Å²) < 4.78 is 10.4. The second-order valence-corrected chi connectivity index (χ2v) is 7.56. The van der Waals surface area contributed by atoms with Gasteiger partial charge in [0.1, 0.15) is 12.1 Å².